The molecule has 1 rings (SSSR count). The lowest BCUT2D eigenvalue weighted by molar-refractivity contribution is 0.0392. The molecule has 0 saturated heterocycles. The van der Waals surface area contributed by atoms with E-state index >= 15 is 0 Å². The van der Waals surface area contributed by atoms with Gasteiger partial charge < -0.3 is 10.1 Å². The van der Waals surface area contributed by atoms with E-state index in [1.807, 2.05) is 0 Å². The van der Waals surface area contributed by atoms with Gasteiger partial charge in [-0.2, -0.15) is 0 Å². The molecule has 1 aliphatic carbocycles. The van der Waals surface area contributed by atoms with Crippen molar-refractivity contribution in [2.24, 2.45) is 11.8 Å². The SMILES string of the molecule is CCOCCN(CC)C1C(C)CC(C)CC1NC. The standard InChI is InChI=1S/C15H32N2O/c1-6-17(8-9-18-7-2)15-13(4)10-12(3)11-14(15)16-5/h12-16H,6-11H2,1-5H3. The van der Waals surface area contributed by atoms with Gasteiger partial charge in [0.1, 0.15) is 0 Å². The number of rotatable bonds is 7. The Bertz CT molecular complexity index is 223. The zero-order valence-corrected chi connectivity index (χ0v) is 12.9. The largest absolute Gasteiger partial charge is 0.380 e. The van der Waals surface area contributed by atoms with E-state index in [0.717, 1.165) is 38.1 Å². The first-order valence-corrected chi connectivity index (χ1v) is 7.63. The smallest absolute Gasteiger partial charge is 0.0593 e. The zero-order chi connectivity index (χ0) is 13.5. The van der Waals surface area contributed by atoms with Crippen molar-refractivity contribution in [2.45, 2.75) is 52.6 Å². The average molecular weight is 256 g/mol. The molecule has 1 N–H and O–H groups in total. The molecule has 0 amide bonds. The fraction of sp³-hybridized carbons (Fsp3) is 1.00. The Morgan fingerprint density at radius 2 is 1.94 bits per heavy atom. The highest BCUT2D eigenvalue weighted by Gasteiger charge is 2.36. The van der Waals surface area contributed by atoms with Crippen molar-refractivity contribution in [1.29, 1.82) is 0 Å². The Kier molecular flexibility index (Phi) is 7.20. The Labute approximate surface area is 113 Å². The van der Waals surface area contributed by atoms with Gasteiger partial charge in [-0.1, -0.05) is 20.8 Å². The predicted octanol–water partition coefficient (Wildman–Crippen LogP) is 2.37. The van der Waals surface area contributed by atoms with Crippen LogP contribution in [0.4, 0.5) is 0 Å². The highest BCUT2D eigenvalue weighted by atomic mass is 16.5. The van der Waals surface area contributed by atoms with Crippen LogP contribution in [0.5, 0.6) is 0 Å². The van der Waals surface area contributed by atoms with Crippen molar-refractivity contribution >= 4 is 0 Å². The van der Waals surface area contributed by atoms with Crippen LogP contribution in [0.2, 0.25) is 0 Å². The molecule has 0 aromatic rings. The number of nitrogens with zero attached hydrogens (tertiary/aromatic N) is 1. The van der Waals surface area contributed by atoms with Gasteiger partial charge >= 0.3 is 0 Å². The first-order chi connectivity index (χ1) is 8.63. The van der Waals surface area contributed by atoms with Crippen molar-refractivity contribution in [2.75, 3.05) is 33.4 Å². The zero-order valence-electron chi connectivity index (χ0n) is 12.9. The van der Waals surface area contributed by atoms with Gasteiger partial charge in [0.25, 0.3) is 0 Å². The van der Waals surface area contributed by atoms with Gasteiger partial charge in [0.15, 0.2) is 0 Å². The fourth-order valence-corrected chi connectivity index (χ4v) is 3.59. The average Bonchev–Trinajstić information content (AvgIpc) is 2.35. The van der Waals surface area contributed by atoms with Crippen LogP contribution < -0.4 is 5.32 Å². The van der Waals surface area contributed by atoms with E-state index in [1.54, 1.807) is 0 Å². The maximum atomic E-state index is 5.52. The quantitative estimate of drug-likeness (QED) is 0.708. The van der Waals surface area contributed by atoms with E-state index < -0.39 is 0 Å². The van der Waals surface area contributed by atoms with Gasteiger partial charge in [0.2, 0.25) is 0 Å². The summed E-state index contributed by atoms with van der Waals surface area (Å²) in [4.78, 5) is 2.60. The Morgan fingerprint density at radius 1 is 1.22 bits per heavy atom. The first kappa shape index (κ1) is 15.9. The maximum absolute atomic E-state index is 5.52. The highest BCUT2D eigenvalue weighted by Crippen LogP contribution is 2.32. The molecular formula is C15H32N2O. The minimum absolute atomic E-state index is 0.630. The molecule has 1 aliphatic rings. The topological polar surface area (TPSA) is 24.5 Å². The summed E-state index contributed by atoms with van der Waals surface area (Å²) < 4.78 is 5.52. The Balaban J connectivity index is 2.62. The molecule has 0 aromatic heterocycles. The third-order valence-electron chi connectivity index (χ3n) is 4.35. The second kappa shape index (κ2) is 8.13. The van der Waals surface area contributed by atoms with Gasteiger partial charge in [0, 0.05) is 25.2 Å². The van der Waals surface area contributed by atoms with E-state index in [2.05, 4.69) is 45.0 Å². The van der Waals surface area contributed by atoms with Crippen LogP contribution >= 0.6 is 0 Å². The maximum Gasteiger partial charge on any atom is 0.0593 e. The van der Waals surface area contributed by atoms with E-state index in [9.17, 15) is 0 Å². The number of ether oxygens (including phenoxy) is 1. The van der Waals surface area contributed by atoms with Crippen LogP contribution in [-0.4, -0.2) is 50.3 Å². The van der Waals surface area contributed by atoms with Gasteiger partial charge in [-0.3, -0.25) is 4.90 Å². The van der Waals surface area contributed by atoms with Crippen molar-refractivity contribution in [3.05, 3.63) is 0 Å². The molecule has 3 heteroatoms. The summed E-state index contributed by atoms with van der Waals surface area (Å²) in [6, 6.07) is 1.29. The van der Waals surface area contributed by atoms with Crippen LogP contribution in [-0.2, 0) is 4.74 Å². The molecule has 0 radical (unpaired) electrons. The normalized spacial score (nSPS) is 33.0. The third-order valence-corrected chi connectivity index (χ3v) is 4.35. The van der Waals surface area contributed by atoms with Gasteiger partial charge in [-0.25, -0.2) is 0 Å². The van der Waals surface area contributed by atoms with E-state index in [-0.39, 0.29) is 0 Å². The monoisotopic (exact) mass is 256 g/mol. The molecule has 0 bridgehead atoms. The second-order valence-corrected chi connectivity index (χ2v) is 5.77. The van der Waals surface area contributed by atoms with Crippen molar-refractivity contribution in [3.63, 3.8) is 0 Å². The summed E-state index contributed by atoms with van der Waals surface area (Å²) >= 11 is 0. The Morgan fingerprint density at radius 3 is 2.50 bits per heavy atom. The summed E-state index contributed by atoms with van der Waals surface area (Å²) in [5, 5.41) is 3.54. The summed E-state index contributed by atoms with van der Waals surface area (Å²) in [7, 11) is 2.11. The first-order valence-electron chi connectivity index (χ1n) is 7.63. The number of nitrogens with one attached hydrogen (secondary N) is 1. The molecule has 4 unspecified atom stereocenters. The molecular weight excluding hydrogens is 224 g/mol. The number of hydrogen-bond acceptors (Lipinski definition) is 3. The second-order valence-electron chi connectivity index (χ2n) is 5.77. The predicted molar refractivity (Wildman–Crippen MR) is 77.9 cm³/mol. The molecule has 0 aliphatic heterocycles. The van der Waals surface area contributed by atoms with Crippen LogP contribution in [0.1, 0.15) is 40.5 Å². The third kappa shape index (κ3) is 4.22. The van der Waals surface area contributed by atoms with E-state index in [1.165, 1.54) is 12.8 Å². The minimum Gasteiger partial charge on any atom is -0.380 e. The molecule has 0 spiro atoms. The molecule has 3 nitrogen and oxygen atoms in total. The minimum atomic E-state index is 0.630. The summed E-state index contributed by atoms with van der Waals surface area (Å²) in [5.41, 5.74) is 0. The molecule has 1 fully saturated rings. The summed E-state index contributed by atoms with van der Waals surface area (Å²) in [6.07, 6.45) is 2.66. The van der Waals surface area contributed by atoms with Crippen molar-refractivity contribution in [1.82, 2.24) is 10.2 Å². The molecule has 4 atom stereocenters. The fourth-order valence-electron chi connectivity index (χ4n) is 3.59. The van der Waals surface area contributed by atoms with Gasteiger partial charge in [-0.05, 0) is 45.2 Å². The van der Waals surface area contributed by atoms with Crippen LogP contribution in [0.25, 0.3) is 0 Å². The van der Waals surface area contributed by atoms with E-state index in [4.69, 9.17) is 4.74 Å². The lowest BCUT2D eigenvalue weighted by atomic mass is 9.76. The highest BCUT2D eigenvalue weighted by molar-refractivity contribution is 4.93. The molecule has 0 aromatic carbocycles. The van der Waals surface area contributed by atoms with Gasteiger partial charge in [0.05, 0.1) is 6.61 Å². The van der Waals surface area contributed by atoms with Crippen molar-refractivity contribution < 1.29 is 4.74 Å². The van der Waals surface area contributed by atoms with E-state index in [0.29, 0.717) is 12.1 Å². The summed E-state index contributed by atoms with van der Waals surface area (Å²) in [6.45, 7) is 13.0. The molecule has 108 valence electrons. The molecule has 0 heterocycles. The van der Waals surface area contributed by atoms with Crippen LogP contribution in [0, 0.1) is 11.8 Å². The molecule has 1 saturated carbocycles. The van der Waals surface area contributed by atoms with Gasteiger partial charge in [-0.15, -0.1) is 0 Å². The van der Waals surface area contributed by atoms with Crippen LogP contribution in [0.3, 0.4) is 0 Å². The number of likely N-dealkylation sites (N-methyl/N-ethyl adjacent to an activating group) is 2. The summed E-state index contributed by atoms with van der Waals surface area (Å²) in [5.74, 6) is 1.62. The Hall–Kier alpha value is -0.120. The molecule has 18 heavy (non-hydrogen) atoms. The lowest BCUT2D eigenvalue weighted by Gasteiger charge is -2.45. The lowest BCUT2D eigenvalue weighted by Crippen LogP contribution is -2.56. The van der Waals surface area contributed by atoms with Crippen molar-refractivity contribution in [3.8, 4) is 0 Å². The number of hydrogen-bond donors (Lipinski definition) is 1. The van der Waals surface area contributed by atoms with Crippen LogP contribution in [0.15, 0.2) is 0 Å².